The van der Waals surface area contributed by atoms with Crippen LogP contribution in [0.3, 0.4) is 0 Å². The van der Waals surface area contributed by atoms with Crippen LogP contribution >= 0.6 is 0 Å². The predicted octanol–water partition coefficient (Wildman–Crippen LogP) is 3.77. The van der Waals surface area contributed by atoms with Crippen LogP contribution in [0.2, 0.25) is 0 Å². The number of ether oxygens (including phenoxy) is 1. The molecular weight excluding hydrogens is 361 g/mol. The third-order valence-corrected chi connectivity index (χ3v) is 3.52. The summed E-state index contributed by atoms with van der Waals surface area (Å²) in [6.45, 7) is 0.547. The van der Waals surface area contributed by atoms with Crippen molar-refractivity contribution in [2.75, 3.05) is 11.9 Å². The lowest BCUT2D eigenvalue weighted by molar-refractivity contribution is -0.153. The van der Waals surface area contributed by atoms with E-state index >= 15 is 0 Å². The minimum Gasteiger partial charge on any atom is -0.484 e. The molecule has 6 nitrogen and oxygen atoms in total. The second-order valence-corrected chi connectivity index (χ2v) is 5.77. The number of nitrogens with zero attached hydrogens (tertiary/aromatic N) is 3. The molecule has 3 aromatic rings. The number of aryl methyl sites for hydroxylation is 1. The number of aromatic nitrogens is 3. The Balaban J connectivity index is 1.68. The van der Waals surface area contributed by atoms with Gasteiger partial charge in [0.1, 0.15) is 5.75 Å². The standard InChI is InChI=1S/C18H15F3N4O2/c1-12-5-7-14(8-6-12)25-10-16(23-24-25)17(26)22-13-3-2-4-15(9-13)27-11-18(19,20)21/h2-10H,11H2,1H3,(H,22,26). The first-order valence-electron chi connectivity index (χ1n) is 7.90. The number of nitrogens with one attached hydrogen (secondary N) is 1. The van der Waals surface area contributed by atoms with Crippen molar-refractivity contribution in [1.82, 2.24) is 15.0 Å². The third-order valence-electron chi connectivity index (χ3n) is 3.52. The molecule has 1 amide bonds. The van der Waals surface area contributed by atoms with Gasteiger partial charge in [0.05, 0.1) is 11.9 Å². The molecule has 0 unspecified atom stereocenters. The summed E-state index contributed by atoms with van der Waals surface area (Å²) in [7, 11) is 0. The summed E-state index contributed by atoms with van der Waals surface area (Å²) in [5.74, 6) is -0.547. The second-order valence-electron chi connectivity index (χ2n) is 5.77. The van der Waals surface area contributed by atoms with E-state index in [4.69, 9.17) is 0 Å². The molecule has 0 fully saturated rings. The number of halogens is 3. The fraction of sp³-hybridized carbons (Fsp3) is 0.167. The Bertz CT molecular complexity index is 936. The van der Waals surface area contributed by atoms with Crippen molar-refractivity contribution in [1.29, 1.82) is 0 Å². The highest BCUT2D eigenvalue weighted by Gasteiger charge is 2.28. The van der Waals surface area contributed by atoms with Crippen molar-refractivity contribution >= 4 is 11.6 Å². The minimum absolute atomic E-state index is 0.00608. The molecule has 0 aliphatic heterocycles. The van der Waals surface area contributed by atoms with Crippen LogP contribution in [0.25, 0.3) is 5.69 Å². The molecule has 9 heteroatoms. The summed E-state index contributed by atoms with van der Waals surface area (Å²) in [6.07, 6.45) is -2.97. The zero-order chi connectivity index (χ0) is 19.4. The quantitative estimate of drug-likeness (QED) is 0.736. The number of carbonyl (C=O) groups is 1. The van der Waals surface area contributed by atoms with Gasteiger partial charge in [-0.15, -0.1) is 5.10 Å². The first kappa shape index (κ1) is 18.4. The van der Waals surface area contributed by atoms with Gasteiger partial charge in [-0.25, -0.2) is 4.68 Å². The first-order chi connectivity index (χ1) is 12.8. The molecule has 1 heterocycles. The van der Waals surface area contributed by atoms with Gasteiger partial charge in [0, 0.05) is 11.8 Å². The maximum absolute atomic E-state index is 12.3. The minimum atomic E-state index is -4.44. The molecule has 0 spiro atoms. The Kier molecular flexibility index (Phi) is 5.11. The maximum atomic E-state index is 12.3. The van der Waals surface area contributed by atoms with E-state index in [1.165, 1.54) is 35.1 Å². The molecule has 3 rings (SSSR count). The van der Waals surface area contributed by atoms with Crippen LogP contribution in [0.5, 0.6) is 5.75 Å². The van der Waals surface area contributed by atoms with Gasteiger partial charge in [-0.05, 0) is 31.2 Å². The van der Waals surface area contributed by atoms with E-state index in [0.717, 1.165) is 11.3 Å². The van der Waals surface area contributed by atoms with E-state index in [-0.39, 0.29) is 17.1 Å². The fourth-order valence-electron chi connectivity index (χ4n) is 2.22. The Labute approximate surface area is 152 Å². The third kappa shape index (κ3) is 5.06. The lowest BCUT2D eigenvalue weighted by Crippen LogP contribution is -2.19. The molecule has 0 atom stereocenters. The summed E-state index contributed by atoms with van der Waals surface area (Å²) < 4.78 is 42.8. The van der Waals surface area contributed by atoms with Gasteiger partial charge >= 0.3 is 6.18 Å². The molecule has 0 aliphatic carbocycles. The van der Waals surface area contributed by atoms with Crippen molar-refractivity contribution in [3.05, 3.63) is 66.0 Å². The Morgan fingerprint density at radius 3 is 2.63 bits per heavy atom. The van der Waals surface area contributed by atoms with Crippen LogP contribution in [0.15, 0.2) is 54.7 Å². The highest BCUT2D eigenvalue weighted by Crippen LogP contribution is 2.21. The Hall–Kier alpha value is -3.36. The summed E-state index contributed by atoms with van der Waals surface area (Å²) in [5, 5.41) is 10.3. The lowest BCUT2D eigenvalue weighted by atomic mass is 10.2. The number of anilines is 1. The van der Waals surface area contributed by atoms with Crippen LogP contribution in [-0.4, -0.2) is 33.7 Å². The topological polar surface area (TPSA) is 69.0 Å². The van der Waals surface area contributed by atoms with Crippen molar-refractivity contribution in [2.45, 2.75) is 13.1 Å². The van der Waals surface area contributed by atoms with E-state index in [0.29, 0.717) is 0 Å². The molecule has 140 valence electrons. The van der Waals surface area contributed by atoms with Crippen molar-refractivity contribution in [2.24, 2.45) is 0 Å². The van der Waals surface area contributed by atoms with Gasteiger partial charge in [0.25, 0.3) is 5.91 Å². The molecule has 27 heavy (non-hydrogen) atoms. The van der Waals surface area contributed by atoms with Crippen LogP contribution in [-0.2, 0) is 0 Å². The molecule has 0 saturated carbocycles. The Morgan fingerprint density at radius 2 is 1.93 bits per heavy atom. The first-order valence-corrected chi connectivity index (χ1v) is 7.90. The number of rotatable bonds is 5. The predicted molar refractivity (Wildman–Crippen MR) is 92.0 cm³/mol. The molecule has 1 N–H and O–H groups in total. The molecule has 0 saturated heterocycles. The van der Waals surface area contributed by atoms with E-state index in [2.05, 4.69) is 20.4 Å². The SMILES string of the molecule is Cc1ccc(-n2cc(C(=O)Nc3cccc(OCC(F)(F)F)c3)nn2)cc1. The number of hydrogen-bond acceptors (Lipinski definition) is 4. The number of benzene rings is 2. The summed E-state index contributed by atoms with van der Waals surface area (Å²) in [4.78, 5) is 12.3. The molecular formula is C18H15F3N4O2. The monoisotopic (exact) mass is 376 g/mol. The van der Waals surface area contributed by atoms with Gasteiger partial charge in [-0.2, -0.15) is 13.2 Å². The second kappa shape index (κ2) is 7.48. The molecule has 0 radical (unpaired) electrons. The van der Waals surface area contributed by atoms with E-state index in [1.807, 2.05) is 31.2 Å². The smallest absolute Gasteiger partial charge is 0.422 e. The number of carbonyl (C=O) groups excluding carboxylic acids is 1. The van der Waals surface area contributed by atoms with Gasteiger partial charge < -0.3 is 10.1 Å². The maximum Gasteiger partial charge on any atom is 0.422 e. The van der Waals surface area contributed by atoms with Crippen LogP contribution in [0.4, 0.5) is 18.9 Å². The average Bonchev–Trinajstić information content (AvgIpc) is 3.11. The van der Waals surface area contributed by atoms with E-state index < -0.39 is 18.7 Å². The molecule has 0 aliphatic rings. The van der Waals surface area contributed by atoms with Gasteiger partial charge in [-0.1, -0.05) is 29.0 Å². The average molecular weight is 376 g/mol. The zero-order valence-electron chi connectivity index (χ0n) is 14.2. The van der Waals surface area contributed by atoms with Crippen LogP contribution in [0, 0.1) is 6.92 Å². The van der Waals surface area contributed by atoms with Crippen molar-refractivity contribution in [3.8, 4) is 11.4 Å². The van der Waals surface area contributed by atoms with Crippen molar-refractivity contribution in [3.63, 3.8) is 0 Å². The van der Waals surface area contributed by atoms with Crippen LogP contribution in [0.1, 0.15) is 16.1 Å². The summed E-state index contributed by atoms with van der Waals surface area (Å²) in [6, 6.07) is 13.2. The van der Waals surface area contributed by atoms with E-state index in [9.17, 15) is 18.0 Å². The highest BCUT2D eigenvalue weighted by atomic mass is 19.4. The highest BCUT2D eigenvalue weighted by molar-refractivity contribution is 6.02. The molecule has 0 bridgehead atoms. The molecule has 2 aromatic carbocycles. The van der Waals surface area contributed by atoms with Crippen LogP contribution < -0.4 is 10.1 Å². The number of amides is 1. The Morgan fingerprint density at radius 1 is 1.19 bits per heavy atom. The summed E-state index contributed by atoms with van der Waals surface area (Å²) in [5.41, 5.74) is 2.18. The zero-order valence-corrected chi connectivity index (χ0v) is 14.2. The normalized spacial score (nSPS) is 11.3. The van der Waals surface area contributed by atoms with Gasteiger partial charge in [-0.3, -0.25) is 4.79 Å². The van der Waals surface area contributed by atoms with Gasteiger partial charge in [0.2, 0.25) is 0 Å². The largest absolute Gasteiger partial charge is 0.484 e. The van der Waals surface area contributed by atoms with Crippen molar-refractivity contribution < 1.29 is 22.7 Å². The van der Waals surface area contributed by atoms with E-state index in [1.54, 1.807) is 0 Å². The number of hydrogen-bond donors (Lipinski definition) is 1. The van der Waals surface area contributed by atoms with Gasteiger partial charge in [0.15, 0.2) is 12.3 Å². The number of alkyl halides is 3. The lowest BCUT2D eigenvalue weighted by Gasteiger charge is -2.10. The summed E-state index contributed by atoms with van der Waals surface area (Å²) >= 11 is 0. The molecule has 1 aromatic heterocycles. The fourth-order valence-corrected chi connectivity index (χ4v) is 2.22.